The summed E-state index contributed by atoms with van der Waals surface area (Å²) < 4.78 is 27.6. The average Bonchev–Trinajstić information content (AvgIpc) is 3.77. The predicted octanol–water partition coefficient (Wildman–Crippen LogP) is 9.03. The van der Waals surface area contributed by atoms with Crippen LogP contribution in [0.3, 0.4) is 0 Å². The number of rotatable bonds is 11. The minimum absolute atomic E-state index is 0.214. The lowest BCUT2D eigenvalue weighted by atomic mass is 9.96. The summed E-state index contributed by atoms with van der Waals surface area (Å²) in [6.45, 7) is 1.31. The largest absolute Gasteiger partial charge is 0.488 e. The number of ether oxygens (including phenoxy) is 2. The molecule has 0 radical (unpaired) electrons. The summed E-state index contributed by atoms with van der Waals surface area (Å²) in [7, 11) is 0. The highest BCUT2D eigenvalue weighted by Crippen LogP contribution is 2.43. The number of pyridine rings is 1. The van der Waals surface area contributed by atoms with Crippen LogP contribution in [0, 0.1) is 17.1 Å². The Balaban J connectivity index is 1.09. The molecule has 2 heterocycles. The summed E-state index contributed by atoms with van der Waals surface area (Å²) >= 11 is 6.87. The van der Waals surface area contributed by atoms with Crippen molar-refractivity contribution in [2.75, 3.05) is 6.54 Å². The predicted molar refractivity (Wildman–Crippen MR) is 186 cm³/mol. The number of allylic oxidation sites excluding steroid dienone is 1. The van der Waals surface area contributed by atoms with Crippen molar-refractivity contribution in [1.29, 1.82) is 5.26 Å². The number of nitriles is 1. The van der Waals surface area contributed by atoms with Gasteiger partial charge in [-0.1, -0.05) is 78.3 Å². The zero-order valence-electron chi connectivity index (χ0n) is 26.1. The molecule has 8 heteroatoms. The molecule has 1 aromatic heterocycles. The molecule has 0 saturated carbocycles. The number of hydrogen-bond donors (Lipinski definition) is 1. The van der Waals surface area contributed by atoms with Crippen LogP contribution in [0.15, 0.2) is 115 Å². The quantitative estimate of drug-likeness (QED) is 0.154. The second kappa shape index (κ2) is 14.2. The van der Waals surface area contributed by atoms with E-state index in [1.54, 1.807) is 18.3 Å². The Hall–Kier alpha value is -5.29. The van der Waals surface area contributed by atoms with Crippen molar-refractivity contribution in [3.63, 3.8) is 0 Å². The first-order chi connectivity index (χ1) is 23.6. The monoisotopic (exact) mass is 654 g/mol. The number of fused-ring (bicyclic) bond motifs is 1. The van der Waals surface area contributed by atoms with Gasteiger partial charge in [0.05, 0.1) is 10.6 Å². The summed E-state index contributed by atoms with van der Waals surface area (Å²) in [5.74, 6) is 0.872. The topological polar surface area (TPSA) is 79.5 Å². The Bertz CT molecular complexity index is 2070. The lowest BCUT2D eigenvalue weighted by Crippen LogP contribution is -2.22. The molecule has 0 fully saturated rings. The molecule has 1 aliphatic heterocycles. The van der Waals surface area contributed by atoms with Gasteiger partial charge < -0.3 is 14.8 Å². The van der Waals surface area contributed by atoms with E-state index in [1.807, 2.05) is 66.9 Å². The van der Waals surface area contributed by atoms with Gasteiger partial charge in [0, 0.05) is 66.6 Å². The first kappa shape index (κ1) is 31.3. The summed E-state index contributed by atoms with van der Waals surface area (Å²) in [4.78, 5) is 8.80. The molecule has 0 spiro atoms. The highest BCUT2D eigenvalue weighted by molar-refractivity contribution is 6.32. The van der Waals surface area contributed by atoms with Crippen molar-refractivity contribution in [1.82, 2.24) is 10.3 Å². The van der Waals surface area contributed by atoms with Crippen LogP contribution in [0.2, 0.25) is 5.02 Å². The van der Waals surface area contributed by atoms with E-state index in [9.17, 15) is 9.65 Å². The van der Waals surface area contributed by atoms with Crippen LogP contribution in [-0.2, 0) is 19.6 Å². The zero-order valence-corrected chi connectivity index (χ0v) is 26.9. The molecular formula is C40H32ClFN4O2. The van der Waals surface area contributed by atoms with Gasteiger partial charge in [0.25, 0.3) is 0 Å². The second-order valence-corrected chi connectivity index (χ2v) is 12.3. The fraction of sp³-hybridized carbons (Fsp3) is 0.175. The van der Waals surface area contributed by atoms with Gasteiger partial charge in [0.15, 0.2) is 0 Å². The Kier molecular flexibility index (Phi) is 9.28. The highest BCUT2D eigenvalue weighted by Gasteiger charge is 2.28. The zero-order chi connectivity index (χ0) is 32.9. The minimum atomic E-state index is -0.246. The number of benzene rings is 4. The average molecular weight is 655 g/mol. The van der Waals surface area contributed by atoms with Gasteiger partial charge in [-0.25, -0.2) is 4.39 Å². The van der Waals surface area contributed by atoms with Gasteiger partial charge in [-0.3, -0.25) is 9.98 Å². The third-order valence-electron chi connectivity index (χ3n) is 8.67. The molecule has 6 nitrogen and oxygen atoms in total. The molecule has 48 heavy (non-hydrogen) atoms. The van der Waals surface area contributed by atoms with Gasteiger partial charge in [-0.2, -0.15) is 5.26 Å². The van der Waals surface area contributed by atoms with Gasteiger partial charge in [-0.15, -0.1) is 0 Å². The van der Waals surface area contributed by atoms with Gasteiger partial charge in [0.2, 0.25) is 0 Å². The lowest BCUT2D eigenvalue weighted by molar-refractivity contribution is 0.206. The molecule has 0 unspecified atom stereocenters. The van der Waals surface area contributed by atoms with E-state index in [1.165, 1.54) is 23.4 Å². The van der Waals surface area contributed by atoms with Crippen LogP contribution in [0.1, 0.15) is 52.3 Å². The van der Waals surface area contributed by atoms with Crippen molar-refractivity contribution in [3.8, 4) is 28.7 Å². The number of nitrogens with zero attached hydrogens (tertiary/aromatic N) is 3. The fourth-order valence-corrected chi connectivity index (χ4v) is 6.54. The summed E-state index contributed by atoms with van der Waals surface area (Å²) in [6.07, 6.45) is 7.19. The molecule has 7 rings (SSSR count). The first-order valence-electron chi connectivity index (χ1n) is 15.9. The van der Waals surface area contributed by atoms with Gasteiger partial charge >= 0.3 is 0 Å². The Morgan fingerprint density at radius 2 is 1.75 bits per heavy atom. The molecule has 5 aromatic rings. The molecular weight excluding hydrogens is 623 g/mol. The summed E-state index contributed by atoms with van der Waals surface area (Å²) in [5, 5.41) is 13.3. The van der Waals surface area contributed by atoms with Crippen molar-refractivity contribution in [2.24, 2.45) is 4.99 Å². The van der Waals surface area contributed by atoms with Crippen molar-refractivity contribution < 1.29 is 13.9 Å². The highest BCUT2D eigenvalue weighted by atomic mass is 35.5. The Morgan fingerprint density at radius 1 is 0.917 bits per heavy atom. The lowest BCUT2D eigenvalue weighted by Gasteiger charge is -2.20. The van der Waals surface area contributed by atoms with E-state index in [4.69, 9.17) is 21.1 Å². The van der Waals surface area contributed by atoms with Crippen LogP contribution in [0.25, 0.3) is 16.7 Å². The Morgan fingerprint density at radius 3 is 2.60 bits per heavy atom. The maximum absolute atomic E-state index is 14.7. The number of aliphatic imine (C=N–C) groups is 1. The minimum Gasteiger partial charge on any atom is -0.488 e. The van der Waals surface area contributed by atoms with Gasteiger partial charge in [0.1, 0.15) is 36.1 Å². The van der Waals surface area contributed by atoms with Crippen molar-refractivity contribution >= 4 is 22.9 Å². The molecule has 4 aromatic carbocycles. The smallest absolute Gasteiger partial charge is 0.142 e. The standard InChI is InChI=1S/C40H32ClFN4O2/c41-36-17-30(22-45-24-31-16-29(23-46-31)28-7-2-1-3-8-28)39(47-25-27-15-26(19-43)20-44-21-27)18-40(36)48-38-14-13-33-32(10-6-11-35(33)38)34-9-4-5-12-37(34)42/h1-12,15,17-18,20-21,23,38,45H,13-14,16,22,24-25H2/t38-/m0/s1. The molecule has 1 atom stereocenters. The second-order valence-electron chi connectivity index (χ2n) is 11.9. The fourth-order valence-electron chi connectivity index (χ4n) is 6.31. The van der Waals surface area contributed by atoms with E-state index in [0.717, 1.165) is 52.8 Å². The molecule has 238 valence electrons. The molecule has 2 aliphatic rings. The SMILES string of the molecule is N#Cc1cncc(COc2cc(O[C@H]3CCc4c(-c5ccccc5F)cccc43)c(Cl)cc2CNCC2=NC=C(c3ccccc3)C2)c1. The summed E-state index contributed by atoms with van der Waals surface area (Å²) in [6, 6.07) is 30.7. The first-order valence-corrected chi connectivity index (χ1v) is 16.3. The van der Waals surface area contributed by atoms with E-state index in [2.05, 4.69) is 33.5 Å². The van der Waals surface area contributed by atoms with Crippen LogP contribution in [0.4, 0.5) is 4.39 Å². The van der Waals surface area contributed by atoms with Gasteiger partial charge in [-0.05, 0) is 58.9 Å². The third kappa shape index (κ3) is 6.86. The maximum atomic E-state index is 14.7. The molecule has 0 saturated heterocycles. The van der Waals surface area contributed by atoms with E-state index in [0.29, 0.717) is 40.7 Å². The van der Waals surface area contributed by atoms with E-state index in [-0.39, 0.29) is 18.5 Å². The number of nitrogens with one attached hydrogen (secondary N) is 1. The number of halogens is 2. The Labute approximate surface area is 284 Å². The molecule has 1 aliphatic carbocycles. The molecule has 0 amide bonds. The van der Waals surface area contributed by atoms with E-state index >= 15 is 0 Å². The van der Waals surface area contributed by atoms with Crippen molar-refractivity contribution in [3.05, 3.63) is 154 Å². The molecule has 0 bridgehead atoms. The summed E-state index contributed by atoms with van der Waals surface area (Å²) in [5.41, 5.74) is 9.12. The molecule has 1 N–H and O–H groups in total. The van der Waals surface area contributed by atoms with Crippen LogP contribution < -0.4 is 14.8 Å². The van der Waals surface area contributed by atoms with Crippen LogP contribution >= 0.6 is 11.6 Å². The number of hydrogen-bond acceptors (Lipinski definition) is 6. The van der Waals surface area contributed by atoms with E-state index < -0.39 is 0 Å². The van der Waals surface area contributed by atoms with Crippen molar-refractivity contribution in [2.45, 2.75) is 38.5 Å². The van der Waals surface area contributed by atoms with Crippen LogP contribution in [0.5, 0.6) is 11.5 Å². The normalized spacial score (nSPS) is 15.0. The van der Waals surface area contributed by atoms with Crippen LogP contribution in [-0.4, -0.2) is 17.2 Å². The number of aromatic nitrogens is 1. The maximum Gasteiger partial charge on any atom is 0.142 e. The third-order valence-corrected chi connectivity index (χ3v) is 8.96.